The van der Waals surface area contributed by atoms with Gasteiger partial charge in [0.05, 0.1) is 6.61 Å². The molecule has 0 saturated heterocycles. The number of ether oxygens (including phenoxy) is 2. The largest absolute Gasteiger partial charge is 0.462 e. The second-order valence-corrected chi connectivity index (χ2v) is 9.83. The van der Waals surface area contributed by atoms with E-state index >= 15 is 0 Å². The number of aromatic amines is 1. The quantitative estimate of drug-likeness (QED) is 0.401. The van der Waals surface area contributed by atoms with Gasteiger partial charge < -0.3 is 19.8 Å². The summed E-state index contributed by atoms with van der Waals surface area (Å²) in [6.45, 7) is 6.50. The number of carbonyl (C=O) groups excluding carboxylic acids is 2. The Morgan fingerprint density at radius 1 is 1.30 bits per heavy atom. The Balaban J connectivity index is 1.46. The van der Waals surface area contributed by atoms with Crippen LogP contribution in [0.1, 0.15) is 52.0 Å². The van der Waals surface area contributed by atoms with Gasteiger partial charge in [-0.3, -0.25) is 4.79 Å². The van der Waals surface area contributed by atoms with Crippen molar-refractivity contribution in [3.8, 4) is 0 Å². The van der Waals surface area contributed by atoms with Gasteiger partial charge in [-0.15, -0.1) is 0 Å². The number of fused-ring (bicyclic) bond motifs is 3. The molecule has 5 rings (SSSR count). The van der Waals surface area contributed by atoms with Crippen LogP contribution in [0.25, 0.3) is 17.1 Å². The van der Waals surface area contributed by atoms with E-state index in [4.69, 9.17) is 9.47 Å². The molecule has 33 heavy (non-hydrogen) atoms. The number of hydrogen-bond donors (Lipinski definition) is 2. The van der Waals surface area contributed by atoms with Gasteiger partial charge in [-0.2, -0.15) is 0 Å². The lowest BCUT2D eigenvalue weighted by Crippen LogP contribution is -2.48. The Kier molecular flexibility index (Phi) is 5.72. The molecule has 7 nitrogen and oxygen atoms in total. The van der Waals surface area contributed by atoms with E-state index < -0.39 is 11.8 Å². The van der Waals surface area contributed by atoms with Crippen LogP contribution in [-0.2, 0) is 19.1 Å². The smallest absolute Gasteiger partial charge is 0.347 e. The second-order valence-electron chi connectivity index (χ2n) is 9.83. The average molecular weight is 450 g/mol. The first-order valence-corrected chi connectivity index (χ1v) is 12.0. The first-order chi connectivity index (χ1) is 15.9. The van der Waals surface area contributed by atoms with Gasteiger partial charge in [0, 0.05) is 29.4 Å². The van der Waals surface area contributed by atoms with Crippen LogP contribution in [0.2, 0.25) is 0 Å². The SMILES string of the molecule is CCOC(=O)C1=C(NC2C(C)CC3CC(C)CC2C3)O/C(=C\c2c[nH]c3ncccc23)C1=O. The van der Waals surface area contributed by atoms with Crippen molar-refractivity contribution in [2.24, 2.45) is 23.7 Å². The van der Waals surface area contributed by atoms with Gasteiger partial charge in [-0.25, -0.2) is 9.78 Å². The third kappa shape index (κ3) is 4.05. The number of hydrogen-bond acceptors (Lipinski definition) is 6. The number of rotatable bonds is 5. The Hall–Kier alpha value is -3.09. The number of nitrogens with one attached hydrogen (secondary N) is 2. The van der Waals surface area contributed by atoms with Crippen LogP contribution < -0.4 is 5.32 Å². The lowest BCUT2D eigenvalue weighted by atomic mass is 9.63. The summed E-state index contributed by atoms with van der Waals surface area (Å²) in [5.74, 6) is 1.65. The summed E-state index contributed by atoms with van der Waals surface area (Å²) in [4.78, 5) is 33.4. The topological polar surface area (TPSA) is 93.3 Å². The van der Waals surface area contributed by atoms with Crippen molar-refractivity contribution in [2.45, 2.75) is 52.5 Å². The molecule has 5 atom stereocenters. The minimum atomic E-state index is -0.646. The molecule has 2 N–H and O–H groups in total. The predicted molar refractivity (Wildman–Crippen MR) is 125 cm³/mol. The first kappa shape index (κ1) is 21.7. The van der Waals surface area contributed by atoms with Gasteiger partial charge in [-0.05, 0) is 74.5 Å². The molecular formula is C26H31N3O4. The number of ketones is 1. The van der Waals surface area contributed by atoms with E-state index in [0.29, 0.717) is 17.8 Å². The number of aromatic nitrogens is 2. The molecule has 0 amide bonds. The molecule has 7 heteroatoms. The van der Waals surface area contributed by atoms with Crippen molar-refractivity contribution in [1.82, 2.24) is 15.3 Å². The van der Waals surface area contributed by atoms with Gasteiger partial charge in [0.25, 0.3) is 0 Å². The number of esters is 1. The highest BCUT2D eigenvalue weighted by Crippen LogP contribution is 2.45. The van der Waals surface area contributed by atoms with Crippen LogP contribution in [0, 0.1) is 23.7 Å². The maximum absolute atomic E-state index is 13.3. The summed E-state index contributed by atoms with van der Waals surface area (Å²) in [5, 5.41) is 4.36. The van der Waals surface area contributed by atoms with Crippen LogP contribution in [0.3, 0.4) is 0 Å². The molecule has 2 aliphatic carbocycles. The summed E-state index contributed by atoms with van der Waals surface area (Å²) in [7, 11) is 0. The van der Waals surface area contributed by atoms with E-state index in [-0.39, 0.29) is 29.9 Å². The number of allylic oxidation sites excluding steroid dienone is 1. The molecule has 3 heterocycles. The molecule has 1 aliphatic heterocycles. The van der Waals surface area contributed by atoms with E-state index in [1.807, 2.05) is 12.1 Å². The van der Waals surface area contributed by atoms with Crippen LogP contribution in [0.15, 0.2) is 41.7 Å². The monoisotopic (exact) mass is 449 g/mol. The number of H-pyrrole nitrogens is 1. The van der Waals surface area contributed by atoms with Gasteiger partial charge in [0.1, 0.15) is 5.65 Å². The molecule has 2 fully saturated rings. The Bertz CT molecular complexity index is 1140. The second kappa shape index (κ2) is 8.69. The van der Waals surface area contributed by atoms with Crippen molar-refractivity contribution < 1.29 is 19.1 Å². The maximum Gasteiger partial charge on any atom is 0.347 e. The van der Waals surface area contributed by atoms with Gasteiger partial charge in [0.15, 0.2) is 11.3 Å². The van der Waals surface area contributed by atoms with Gasteiger partial charge in [0.2, 0.25) is 11.7 Å². The zero-order chi connectivity index (χ0) is 23.1. The highest BCUT2D eigenvalue weighted by Gasteiger charge is 2.43. The van der Waals surface area contributed by atoms with Crippen molar-refractivity contribution in [3.05, 3.63) is 47.3 Å². The molecule has 0 aromatic carbocycles. The first-order valence-electron chi connectivity index (χ1n) is 12.0. The summed E-state index contributed by atoms with van der Waals surface area (Å²) >= 11 is 0. The predicted octanol–water partition coefficient (Wildman–Crippen LogP) is 4.33. The van der Waals surface area contributed by atoms with Gasteiger partial charge in [-0.1, -0.05) is 13.8 Å². The molecule has 3 aliphatic rings. The fraction of sp³-hybridized carbons (Fsp3) is 0.500. The maximum atomic E-state index is 13.3. The molecule has 5 unspecified atom stereocenters. The van der Waals surface area contributed by atoms with Crippen LogP contribution in [-0.4, -0.2) is 34.4 Å². The Morgan fingerprint density at radius 3 is 2.97 bits per heavy atom. The van der Waals surface area contributed by atoms with Crippen molar-refractivity contribution in [1.29, 1.82) is 0 Å². The van der Waals surface area contributed by atoms with Crippen molar-refractivity contribution in [3.63, 3.8) is 0 Å². The van der Waals surface area contributed by atoms with E-state index in [2.05, 4.69) is 29.1 Å². The summed E-state index contributed by atoms with van der Waals surface area (Å²) in [6, 6.07) is 3.93. The number of Topliss-reactive ketones (excluding diaryl/α,β-unsaturated/α-hetero) is 1. The average Bonchev–Trinajstić information content (AvgIpc) is 3.32. The molecule has 0 spiro atoms. The van der Waals surface area contributed by atoms with Crippen molar-refractivity contribution >= 4 is 28.9 Å². The fourth-order valence-electron chi connectivity index (χ4n) is 6.09. The van der Waals surface area contributed by atoms with Gasteiger partial charge >= 0.3 is 5.97 Å². The summed E-state index contributed by atoms with van der Waals surface area (Å²) < 4.78 is 11.3. The molecule has 0 radical (unpaired) electrons. The van der Waals surface area contributed by atoms with E-state index in [9.17, 15) is 9.59 Å². The van der Waals surface area contributed by atoms with E-state index in [1.54, 1.807) is 25.4 Å². The highest BCUT2D eigenvalue weighted by atomic mass is 16.5. The molecule has 2 bridgehead atoms. The number of nitrogens with zero attached hydrogens (tertiary/aromatic N) is 1. The lowest BCUT2D eigenvalue weighted by Gasteiger charge is -2.46. The molecule has 2 aromatic rings. The number of pyridine rings is 1. The minimum Gasteiger partial charge on any atom is -0.462 e. The standard InChI is InChI=1S/C26H31N3O4/c1-4-32-26(31)21-23(30)20(12-18-13-28-24-19(18)6-5-7-27-24)33-25(21)29-22-15(3)10-16-8-14(2)9-17(22)11-16/h5-7,12-17,22,29H,4,8-11H2,1-3H3,(H,27,28)/b20-12-. The summed E-state index contributed by atoms with van der Waals surface area (Å²) in [5.41, 5.74) is 1.46. The molecule has 2 saturated carbocycles. The molecule has 174 valence electrons. The van der Waals surface area contributed by atoms with Crippen LogP contribution >= 0.6 is 0 Å². The lowest BCUT2D eigenvalue weighted by molar-refractivity contribution is -0.139. The highest BCUT2D eigenvalue weighted by molar-refractivity contribution is 6.26. The third-order valence-electron chi connectivity index (χ3n) is 7.34. The Morgan fingerprint density at radius 2 is 2.15 bits per heavy atom. The third-order valence-corrected chi connectivity index (χ3v) is 7.34. The zero-order valence-corrected chi connectivity index (χ0v) is 19.4. The Labute approximate surface area is 193 Å². The van der Waals surface area contributed by atoms with Crippen molar-refractivity contribution in [2.75, 3.05) is 6.61 Å². The van der Waals surface area contributed by atoms with E-state index in [1.165, 1.54) is 12.8 Å². The summed E-state index contributed by atoms with van der Waals surface area (Å²) in [6.07, 6.45) is 9.94. The fourth-order valence-corrected chi connectivity index (χ4v) is 6.09. The minimum absolute atomic E-state index is 0.0424. The number of carbonyl (C=O) groups is 2. The normalized spacial score (nSPS) is 30.6. The van der Waals surface area contributed by atoms with E-state index in [0.717, 1.165) is 35.4 Å². The molecule has 2 aromatic heterocycles. The zero-order valence-electron chi connectivity index (χ0n) is 19.4. The van der Waals surface area contributed by atoms with Crippen LogP contribution in [0.5, 0.6) is 0 Å². The molecular weight excluding hydrogens is 418 g/mol. The van der Waals surface area contributed by atoms with Crippen LogP contribution in [0.4, 0.5) is 0 Å².